The average Bonchev–Trinajstić information content (AvgIpc) is 2.91. The molecule has 25 heavy (non-hydrogen) atoms. The van der Waals surface area contributed by atoms with E-state index in [1.165, 1.54) is 12.1 Å². The van der Waals surface area contributed by atoms with E-state index in [0.29, 0.717) is 12.3 Å². The smallest absolute Gasteiger partial charge is 0.257 e. The molecule has 1 aromatic rings. The van der Waals surface area contributed by atoms with Gasteiger partial charge in [0, 0.05) is 6.42 Å². The molecule has 0 unspecified atom stereocenters. The van der Waals surface area contributed by atoms with Crippen molar-refractivity contribution in [3.63, 3.8) is 0 Å². The van der Waals surface area contributed by atoms with Crippen LogP contribution in [-0.4, -0.2) is 34.2 Å². The number of sulfone groups is 1. The first kappa shape index (κ1) is 19.9. The molecule has 0 bridgehead atoms. The number of hydrogen-bond donors (Lipinski definition) is 2. The van der Waals surface area contributed by atoms with Crippen LogP contribution >= 0.6 is 0 Å². The molecule has 1 amide bonds. The number of nitrogens with one attached hydrogen (secondary N) is 2. The van der Waals surface area contributed by atoms with Gasteiger partial charge in [-0.3, -0.25) is 10.2 Å². The lowest BCUT2D eigenvalue weighted by molar-refractivity contribution is -0.122. The molecule has 140 valence electrons. The zero-order valence-electron chi connectivity index (χ0n) is 14.4. The lowest BCUT2D eigenvalue weighted by Gasteiger charge is -2.12. The zero-order chi connectivity index (χ0) is 18.7. The van der Waals surface area contributed by atoms with Gasteiger partial charge in [-0.2, -0.15) is 0 Å². The fourth-order valence-electron chi connectivity index (χ4n) is 2.74. The van der Waals surface area contributed by atoms with E-state index in [0.717, 1.165) is 12.0 Å². The largest absolute Gasteiger partial charge is 0.278 e. The Bertz CT molecular complexity index is 817. The van der Waals surface area contributed by atoms with Gasteiger partial charge in [0.2, 0.25) is 5.91 Å². The molecule has 0 saturated carbocycles. The number of hydrazine groups is 1. The Morgan fingerprint density at radius 3 is 2.44 bits per heavy atom. The summed E-state index contributed by atoms with van der Waals surface area (Å²) in [5.74, 6) is -0.401. The molecule has 0 spiro atoms. The molecule has 2 atom stereocenters. The molecule has 0 aliphatic carbocycles. The fraction of sp³-hybridized carbons (Fsp3) is 0.562. The van der Waals surface area contributed by atoms with Crippen molar-refractivity contribution in [1.29, 1.82) is 0 Å². The van der Waals surface area contributed by atoms with Crippen LogP contribution in [0.25, 0.3) is 0 Å². The number of benzene rings is 1. The van der Waals surface area contributed by atoms with Gasteiger partial charge in [0.1, 0.15) is 0 Å². The van der Waals surface area contributed by atoms with E-state index in [1.54, 1.807) is 12.1 Å². The van der Waals surface area contributed by atoms with Crippen LogP contribution in [0.3, 0.4) is 0 Å². The van der Waals surface area contributed by atoms with Gasteiger partial charge in [-0.1, -0.05) is 26.0 Å². The lowest BCUT2D eigenvalue weighted by Crippen LogP contribution is -2.42. The topological polar surface area (TPSA) is 109 Å². The molecule has 9 heteroatoms. The second-order valence-corrected chi connectivity index (χ2v) is 10.4. The van der Waals surface area contributed by atoms with E-state index in [9.17, 15) is 21.6 Å². The van der Waals surface area contributed by atoms with E-state index in [-0.39, 0.29) is 28.7 Å². The first-order valence-corrected chi connectivity index (χ1v) is 11.5. The predicted molar refractivity (Wildman–Crippen MR) is 95.0 cm³/mol. The van der Waals surface area contributed by atoms with Crippen LogP contribution in [0.1, 0.15) is 44.6 Å². The van der Waals surface area contributed by atoms with Gasteiger partial charge in [-0.05, 0) is 42.4 Å². The van der Waals surface area contributed by atoms with E-state index >= 15 is 0 Å². The summed E-state index contributed by atoms with van der Waals surface area (Å²) in [5.41, 5.74) is 3.20. The normalized spacial score (nSPS) is 21.0. The third-order valence-electron chi connectivity index (χ3n) is 4.50. The van der Waals surface area contributed by atoms with Gasteiger partial charge in [0.25, 0.3) is 10.0 Å². The second kappa shape index (κ2) is 7.84. The van der Waals surface area contributed by atoms with Crippen LogP contribution in [0.4, 0.5) is 0 Å². The van der Waals surface area contributed by atoms with E-state index in [1.807, 2.05) is 0 Å². The van der Waals surface area contributed by atoms with Crippen molar-refractivity contribution in [1.82, 2.24) is 10.3 Å². The molecule has 0 radical (unpaired) electrons. The van der Waals surface area contributed by atoms with Crippen molar-refractivity contribution in [3.8, 4) is 0 Å². The first-order chi connectivity index (χ1) is 11.6. The van der Waals surface area contributed by atoms with Crippen LogP contribution in [0.5, 0.6) is 0 Å². The van der Waals surface area contributed by atoms with Crippen molar-refractivity contribution in [2.24, 2.45) is 5.92 Å². The van der Waals surface area contributed by atoms with Gasteiger partial charge in [-0.15, -0.1) is 4.83 Å². The number of hydrogen-bond acceptors (Lipinski definition) is 5. The molecule has 0 aromatic heterocycles. The standard InChI is InChI=1S/C16H24N2O5S2/c1-3-12(2)14-4-6-15(7-5-14)25(22,23)18-17-16(19)10-13-8-9-24(20,21)11-13/h4-7,12-13,18H,3,8-11H2,1-2H3,(H,17,19)/t12-,13+/m0/s1. The third-order valence-corrected chi connectivity index (χ3v) is 7.60. The van der Waals surface area contributed by atoms with Gasteiger partial charge >= 0.3 is 0 Å². The minimum atomic E-state index is -3.86. The van der Waals surface area contributed by atoms with Gasteiger partial charge in [0.05, 0.1) is 16.4 Å². The maximum absolute atomic E-state index is 12.2. The summed E-state index contributed by atoms with van der Waals surface area (Å²) in [6, 6.07) is 6.51. The summed E-state index contributed by atoms with van der Waals surface area (Å²) in [4.78, 5) is 14.0. The van der Waals surface area contributed by atoms with Crippen molar-refractivity contribution in [3.05, 3.63) is 29.8 Å². The Kier molecular flexibility index (Phi) is 6.23. The number of amides is 1. The minimum absolute atomic E-state index is 0.0191. The molecule has 2 N–H and O–H groups in total. The quantitative estimate of drug-likeness (QED) is 0.685. The van der Waals surface area contributed by atoms with Crippen molar-refractivity contribution >= 4 is 25.8 Å². The summed E-state index contributed by atoms with van der Waals surface area (Å²) < 4.78 is 47.2. The molecule has 1 fully saturated rings. The number of carbonyl (C=O) groups excluding carboxylic acids is 1. The molecule has 1 aliphatic heterocycles. The van der Waals surface area contributed by atoms with Crippen molar-refractivity contribution in [2.75, 3.05) is 11.5 Å². The predicted octanol–water partition coefficient (Wildman–Crippen LogP) is 1.33. The van der Waals surface area contributed by atoms with Gasteiger partial charge in [-0.25, -0.2) is 16.8 Å². The molecule has 1 saturated heterocycles. The highest BCUT2D eigenvalue weighted by atomic mass is 32.2. The Hall–Kier alpha value is -1.45. The summed E-state index contributed by atoms with van der Waals surface area (Å²) in [6.45, 7) is 4.12. The number of rotatable bonds is 7. The fourth-order valence-corrected chi connectivity index (χ4v) is 5.46. The van der Waals surface area contributed by atoms with Gasteiger partial charge < -0.3 is 0 Å². The number of carbonyl (C=O) groups is 1. The Morgan fingerprint density at radius 1 is 1.28 bits per heavy atom. The van der Waals surface area contributed by atoms with Gasteiger partial charge in [0.15, 0.2) is 9.84 Å². The highest BCUT2D eigenvalue weighted by molar-refractivity contribution is 7.91. The highest BCUT2D eigenvalue weighted by Crippen LogP contribution is 2.22. The third kappa shape index (κ3) is 5.52. The second-order valence-electron chi connectivity index (χ2n) is 6.51. The lowest BCUT2D eigenvalue weighted by atomic mass is 9.99. The van der Waals surface area contributed by atoms with E-state index < -0.39 is 25.8 Å². The Morgan fingerprint density at radius 2 is 1.92 bits per heavy atom. The SMILES string of the molecule is CC[C@H](C)c1ccc(S(=O)(=O)NNC(=O)C[C@H]2CCS(=O)(=O)C2)cc1. The Labute approximate surface area is 149 Å². The minimum Gasteiger partial charge on any atom is -0.278 e. The maximum atomic E-state index is 12.2. The van der Waals surface area contributed by atoms with Crippen molar-refractivity contribution in [2.45, 2.75) is 43.9 Å². The zero-order valence-corrected chi connectivity index (χ0v) is 16.0. The van der Waals surface area contributed by atoms with Crippen LogP contribution < -0.4 is 10.3 Å². The van der Waals surface area contributed by atoms with Crippen LogP contribution in [0.2, 0.25) is 0 Å². The van der Waals surface area contributed by atoms with Crippen LogP contribution in [0.15, 0.2) is 29.2 Å². The molecule has 1 aliphatic rings. The summed E-state index contributed by atoms with van der Waals surface area (Å²) in [7, 11) is -6.92. The number of sulfonamides is 1. The molecule has 2 rings (SSSR count). The molecular weight excluding hydrogens is 364 g/mol. The average molecular weight is 389 g/mol. The highest BCUT2D eigenvalue weighted by Gasteiger charge is 2.29. The van der Waals surface area contributed by atoms with E-state index in [2.05, 4.69) is 24.1 Å². The molecule has 1 aromatic carbocycles. The molecule has 1 heterocycles. The monoisotopic (exact) mass is 388 g/mol. The molecule has 7 nitrogen and oxygen atoms in total. The van der Waals surface area contributed by atoms with E-state index in [4.69, 9.17) is 0 Å². The van der Waals surface area contributed by atoms with Crippen molar-refractivity contribution < 1.29 is 21.6 Å². The summed E-state index contributed by atoms with van der Waals surface area (Å²) >= 11 is 0. The summed E-state index contributed by atoms with van der Waals surface area (Å²) in [6.07, 6.45) is 1.37. The Balaban J connectivity index is 1.91. The maximum Gasteiger partial charge on any atom is 0.257 e. The summed E-state index contributed by atoms with van der Waals surface area (Å²) in [5, 5.41) is 0. The molecular formula is C16H24N2O5S2. The van der Waals surface area contributed by atoms with Crippen LogP contribution in [-0.2, 0) is 24.7 Å². The first-order valence-electron chi connectivity index (χ1n) is 8.24. The van der Waals surface area contributed by atoms with Crippen LogP contribution in [0, 0.1) is 5.92 Å².